The zero-order valence-corrected chi connectivity index (χ0v) is 14.8. The second-order valence-electron chi connectivity index (χ2n) is 5.73. The Kier molecular flexibility index (Phi) is 5.88. The number of rotatable bonds is 4. The van der Waals surface area contributed by atoms with Gasteiger partial charge in [-0.2, -0.15) is 5.26 Å². The molecule has 1 fully saturated rings. The van der Waals surface area contributed by atoms with Gasteiger partial charge in [0.1, 0.15) is 22.4 Å². The number of nitriles is 1. The first-order valence-corrected chi connectivity index (χ1v) is 8.22. The summed E-state index contributed by atoms with van der Waals surface area (Å²) in [5, 5.41) is 9.22. The van der Waals surface area contributed by atoms with Crippen LogP contribution in [0, 0.1) is 11.3 Å². The molecule has 0 saturated carbocycles. The second-order valence-corrected chi connectivity index (χ2v) is 6.17. The maximum absolute atomic E-state index is 11.3. The number of nitrogens with zero attached hydrogens (tertiary/aromatic N) is 4. The first-order chi connectivity index (χ1) is 11.4. The van der Waals surface area contributed by atoms with Crippen LogP contribution in [0.2, 0.25) is 0 Å². The highest BCUT2D eigenvalue weighted by atomic mass is 32.1. The first-order valence-electron chi connectivity index (χ1n) is 7.81. The summed E-state index contributed by atoms with van der Waals surface area (Å²) in [6.45, 7) is 6.65. The van der Waals surface area contributed by atoms with E-state index in [-0.39, 0.29) is 10.8 Å². The molecule has 2 heterocycles. The van der Waals surface area contributed by atoms with E-state index in [0.29, 0.717) is 11.1 Å². The van der Waals surface area contributed by atoms with Gasteiger partial charge in [-0.15, -0.1) is 0 Å². The number of ketones is 1. The van der Waals surface area contributed by atoms with Crippen LogP contribution in [0.5, 0.6) is 0 Å². The topological polar surface area (TPSA) is 86.2 Å². The van der Waals surface area contributed by atoms with Crippen LogP contribution in [-0.2, 0) is 0 Å². The minimum Gasteiger partial charge on any atom is -0.389 e. The van der Waals surface area contributed by atoms with Gasteiger partial charge in [0.05, 0.1) is 0 Å². The Morgan fingerprint density at radius 3 is 2.58 bits per heavy atom. The Balaban J connectivity index is 2.11. The van der Waals surface area contributed by atoms with Crippen molar-refractivity contribution in [3.8, 4) is 6.07 Å². The van der Waals surface area contributed by atoms with Crippen molar-refractivity contribution in [1.82, 2.24) is 9.88 Å². The number of hydrogen-bond donors (Lipinski definition) is 1. The Morgan fingerprint density at radius 2 is 2.04 bits per heavy atom. The summed E-state index contributed by atoms with van der Waals surface area (Å²) in [6.07, 6.45) is 2.55. The van der Waals surface area contributed by atoms with E-state index in [0.717, 1.165) is 44.1 Å². The van der Waals surface area contributed by atoms with Crippen molar-refractivity contribution >= 4 is 28.8 Å². The predicted molar refractivity (Wildman–Crippen MR) is 97.7 cm³/mol. The molecule has 0 spiro atoms. The number of pyridine rings is 1. The summed E-state index contributed by atoms with van der Waals surface area (Å²) in [7, 11) is 0. The molecule has 24 heavy (non-hydrogen) atoms. The summed E-state index contributed by atoms with van der Waals surface area (Å²) < 4.78 is 0. The Hall–Kier alpha value is -2.46. The number of anilines is 1. The van der Waals surface area contributed by atoms with Crippen molar-refractivity contribution in [3.05, 3.63) is 35.2 Å². The Labute approximate surface area is 147 Å². The zero-order chi connectivity index (χ0) is 17.7. The molecule has 1 aliphatic heterocycles. The first kappa shape index (κ1) is 17.9. The van der Waals surface area contributed by atoms with Crippen LogP contribution in [0.15, 0.2) is 29.6 Å². The van der Waals surface area contributed by atoms with E-state index in [1.807, 2.05) is 13.0 Å². The molecule has 2 rings (SSSR count). The van der Waals surface area contributed by atoms with Gasteiger partial charge in [-0.05, 0) is 32.4 Å². The fraction of sp³-hybridized carbons (Fsp3) is 0.412. The number of carbonyl (C=O) groups is 1. The molecule has 0 aliphatic carbocycles. The van der Waals surface area contributed by atoms with Crippen LogP contribution >= 0.6 is 12.2 Å². The summed E-state index contributed by atoms with van der Waals surface area (Å²) in [6, 6.07) is 5.78. The summed E-state index contributed by atoms with van der Waals surface area (Å²) in [4.78, 5) is 20.2. The SMILES string of the molecule is CC(=O)c1ccc(N2CCCN(/C(C)=C(/C#N)C(N)=S)CC2)nc1. The number of aromatic nitrogens is 1. The molecule has 0 bridgehead atoms. The smallest absolute Gasteiger partial charge is 0.161 e. The van der Waals surface area contributed by atoms with Gasteiger partial charge in [-0.3, -0.25) is 4.79 Å². The van der Waals surface area contributed by atoms with Crippen LogP contribution in [-0.4, -0.2) is 46.8 Å². The predicted octanol–water partition coefficient (Wildman–Crippen LogP) is 1.88. The highest BCUT2D eigenvalue weighted by Gasteiger charge is 2.19. The largest absolute Gasteiger partial charge is 0.389 e. The minimum atomic E-state index is 0.0126. The van der Waals surface area contributed by atoms with Gasteiger partial charge in [0.25, 0.3) is 0 Å². The van der Waals surface area contributed by atoms with Gasteiger partial charge in [0.15, 0.2) is 5.78 Å². The van der Waals surface area contributed by atoms with Crippen molar-refractivity contribution in [2.45, 2.75) is 20.3 Å². The van der Waals surface area contributed by atoms with Crippen LogP contribution in [0.1, 0.15) is 30.6 Å². The molecule has 0 radical (unpaired) electrons. The van der Waals surface area contributed by atoms with Crippen molar-refractivity contribution in [2.24, 2.45) is 5.73 Å². The standard InChI is InChI=1S/C17H21N5OS/c1-12(15(10-18)17(19)24)21-6-3-7-22(9-8-21)16-5-4-14(11-20-16)13(2)23/h4-5,11H,3,6-9H2,1-2H3,(H2,19,24)/b15-12-. The lowest BCUT2D eigenvalue weighted by molar-refractivity contribution is 0.101. The van der Waals surface area contributed by atoms with E-state index in [2.05, 4.69) is 20.9 Å². The van der Waals surface area contributed by atoms with Crippen LogP contribution in [0.25, 0.3) is 0 Å². The third-order valence-corrected chi connectivity index (χ3v) is 4.37. The van der Waals surface area contributed by atoms with Crippen LogP contribution < -0.4 is 10.6 Å². The summed E-state index contributed by atoms with van der Waals surface area (Å²) in [5.41, 5.74) is 7.45. The fourth-order valence-electron chi connectivity index (χ4n) is 2.74. The third kappa shape index (κ3) is 4.09. The molecule has 0 aromatic carbocycles. The minimum absolute atomic E-state index is 0.0126. The van der Waals surface area contributed by atoms with E-state index in [4.69, 9.17) is 18.0 Å². The normalized spacial score (nSPS) is 16.0. The van der Waals surface area contributed by atoms with Gasteiger partial charge in [-0.25, -0.2) is 4.98 Å². The van der Waals surface area contributed by atoms with E-state index in [1.54, 1.807) is 12.3 Å². The van der Waals surface area contributed by atoms with Gasteiger partial charge in [-0.1, -0.05) is 12.2 Å². The molecule has 1 aliphatic rings. The lowest BCUT2D eigenvalue weighted by atomic mass is 10.2. The molecule has 1 aromatic rings. The Morgan fingerprint density at radius 1 is 1.29 bits per heavy atom. The summed E-state index contributed by atoms with van der Waals surface area (Å²) >= 11 is 4.95. The zero-order valence-electron chi connectivity index (χ0n) is 14.0. The van der Waals surface area contributed by atoms with Gasteiger partial charge in [0, 0.05) is 43.6 Å². The maximum Gasteiger partial charge on any atom is 0.161 e. The molecular weight excluding hydrogens is 322 g/mol. The molecule has 0 unspecified atom stereocenters. The van der Waals surface area contributed by atoms with Crippen molar-refractivity contribution < 1.29 is 4.79 Å². The number of carbonyl (C=O) groups excluding carboxylic acids is 1. The average Bonchev–Trinajstić information content (AvgIpc) is 2.81. The Bertz CT molecular complexity index is 705. The van der Waals surface area contributed by atoms with Crippen molar-refractivity contribution in [2.75, 3.05) is 31.1 Å². The number of thiocarbonyl (C=S) groups is 1. The molecular formula is C17H21N5OS. The van der Waals surface area contributed by atoms with Crippen LogP contribution in [0.3, 0.4) is 0 Å². The highest BCUT2D eigenvalue weighted by Crippen LogP contribution is 2.18. The lowest BCUT2D eigenvalue weighted by Crippen LogP contribution is -2.31. The molecule has 6 nitrogen and oxygen atoms in total. The quantitative estimate of drug-likeness (QED) is 0.386. The number of allylic oxidation sites excluding steroid dienone is 1. The number of hydrogen-bond acceptors (Lipinski definition) is 6. The average molecular weight is 343 g/mol. The molecule has 126 valence electrons. The molecule has 1 aromatic heterocycles. The number of Topliss-reactive ketones (excluding diaryl/α,β-unsaturated/α-hetero) is 1. The molecule has 0 amide bonds. The second kappa shape index (κ2) is 7.88. The van der Waals surface area contributed by atoms with Crippen molar-refractivity contribution in [1.29, 1.82) is 5.26 Å². The maximum atomic E-state index is 11.3. The van der Waals surface area contributed by atoms with E-state index >= 15 is 0 Å². The van der Waals surface area contributed by atoms with E-state index in [9.17, 15) is 10.1 Å². The van der Waals surface area contributed by atoms with E-state index in [1.165, 1.54) is 6.92 Å². The van der Waals surface area contributed by atoms with Gasteiger partial charge in [0.2, 0.25) is 0 Å². The highest BCUT2D eigenvalue weighted by molar-refractivity contribution is 7.80. The summed E-state index contributed by atoms with van der Waals surface area (Å²) in [5.74, 6) is 0.872. The van der Waals surface area contributed by atoms with E-state index < -0.39 is 0 Å². The van der Waals surface area contributed by atoms with Gasteiger partial charge >= 0.3 is 0 Å². The molecule has 1 saturated heterocycles. The monoisotopic (exact) mass is 343 g/mol. The lowest BCUT2D eigenvalue weighted by Gasteiger charge is -2.25. The molecule has 0 atom stereocenters. The molecule has 7 heteroatoms. The van der Waals surface area contributed by atoms with Crippen LogP contribution in [0.4, 0.5) is 5.82 Å². The molecule has 2 N–H and O–H groups in total. The fourth-order valence-corrected chi connectivity index (χ4v) is 2.93. The third-order valence-electron chi connectivity index (χ3n) is 4.17. The number of nitrogens with two attached hydrogens (primary N) is 1. The van der Waals surface area contributed by atoms with Gasteiger partial charge < -0.3 is 15.5 Å². The van der Waals surface area contributed by atoms with Crippen molar-refractivity contribution in [3.63, 3.8) is 0 Å².